The van der Waals surface area contributed by atoms with Crippen molar-refractivity contribution in [1.29, 1.82) is 0 Å². The molecule has 0 radical (unpaired) electrons. The van der Waals surface area contributed by atoms with Crippen LogP contribution in [0.2, 0.25) is 5.02 Å². The van der Waals surface area contributed by atoms with Crippen LogP contribution in [0.1, 0.15) is 29.9 Å². The molecule has 0 aromatic heterocycles. The number of amides is 4. The number of benzene rings is 4. The second kappa shape index (κ2) is 12.6. The number of carbonyl (C=O) groups is 4. The van der Waals surface area contributed by atoms with E-state index in [4.69, 9.17) is 16.3 Å². The molecule has 4 aromatic carbocycles. The van der Waals surface area contributed by atoms with E-state index in [1.807, 2.05) is 6.08 Å². The molecule has 8 rings (SSSR count). The molecular weight excluding hydrogens is 707 g/mol. The van der Waals surface area contributed by atoms with E-state index in [2.05, 4.69) is 5.43 Å². The summed E-state index contributed by atoms with van der Waals surface area (Å²) in [5, 5.41) is 24.5. The average Bonchev–Trinajstić information content (AvgIpc) is 3.53. The van der Waals surface area contributed by atoms with Gasteiger partial charge in [0.1, 0.15) is 17.3 Å². The maximum absolute atomic E-state index is 15.3. The Balaban J connectivity index is 1.34. The van der Waals surface area contributed by atoms with Crippen LogP contribution in [0.25, 0.3) is 0 Å². The summed E-state index contributed by atoms with van der Waals surface area (Å²) in [6.07, 6.45) is 1.85. The van der Waals surface area contributed by atoms with E-state index < -0.39 is 69.4 Å². The number of aromatic hydroxyl groups is 1. The van der Waals surface area contributed by atoms with Crippen molar-refractivity contribution in [3.05, 3.63) is 135 Å². The molecule has 0 spiro atoms. The SMILES string of the molecule is COc1cccc(O)c1C1C2=CCC3C(=O)N(c4cccc([N+](=O)[O-])c4)C(=O)C3C2CC2C(=O)N(Nc3ccc(F)cc3)C(=O)C21c1ccc(Cl)cc1. The molecule has 268 valence electrons. The number of nitrogens with one attached hydrogen (secondary N) is 1. The Kier molecular flexibility index (Phi) is 8.06. The van der Waals surface area contributed by atoms with E-state index >= 15 is 4.79 Å². The summed E-state index contributed by atoms with van der Waals surface area (Å²) in [7, 11) is 1.41. The van der Waals surface area contributed by atoms with Crippen molar-refractivity contribution in [3.63, 3.8) is 0 Å². The highest BCUT2D eigenvalue weighted by atomic mass is 35.5. The van der Waals surface area contributed by atoms with Gasteiger partial charge in [0, 0.05) is 28.6 Å². The Morgan fingerprint density at radius 3 is 2.36 bits per heavy atom. The number of rotatable bonds is 7. The summed E-state index contributed by atoms with van der Waals surface area (Å²) in [4.78, 5) is 70.5. The van der Waals surface area contributed by atoms with Crippen LogP contribution in [-0.2, 0) is 24.6 Å². The highest BCUT2D eigenvalue weighted by molar-refractivity contribution is 6.30. The molecule has 4 aromatic rings. The van der Waals surface area contributed by atoms with Gasteiger partial charge in [0.05, 0.1) is 46.6 Å². The molecule has 4 amide bonds. The number of halogens is 2. The molecule has 1 saturated carbocycles. The fraction of sp³-hybridized carbons (Fsp3) is 0.231. The molecule has 2 aliphatic heterocycles. The summed E-state index contributed by atoms with van der Waals surface area (Å²) in [5.41, 5.74) is 2.34. The fourth-order valence-corrected chi connectivity index (χ4v) is 9.10. The molecule has 2 aliphatic carbocycles. The third kappa shape index (κ3) is 5.01. The van der Waals surface area contributed by atoms with Gasteiger partial charge < -0.3 is 9.84 Å². The first-order valence-corrected chi connectivity index (χ1v) is 17.2. The zero-order chi connectivity index (χ0) is 37.3. The van der Waals surface area contributed by atoms with Gasteiger partial charge in [-0.15, -0.1) is 0 Å². The number of imide groups is 2. The Bertz CT molecular complexity index is 2260. The smallest absolute Gasteiger partial charge is 0.271 e. The van der Waals surface area contributed by atoms with Gasteiger partial charge in [-0.25, -0.2) is 9.29 Å². The van der Waals surface area contributed by atoms with Crippen LogP contribution >= 0.6 is 11.6 Å². The van der Waals surface area contributed by atoms with Crippen molar-refractivity contribution >= 4 is 52.3 Å². The number of nitro benzene ring substituents is 1. The zero-order valence-electron chi connectivity index (χ0n) is 27.9. The number of allylic oxidation sites excluding steroid dienone is 2. The van der Waals surface area contributed by atoms with Crippen molar-refractivity contribution in [2.45, 2.75) is 24.2 Å². The van der Waals surface area contributed by atoms with Crippen LogP contribution in [0.5, 0.6) is 11.5 Å². The number of phenolic OH excluding ortho intramolecular Hbond substituents is 1. The van der Waals surface area contributed by atoms with Crippen LogP contribution in [0.3, 0.4) is 0 Å². The van der Waals surface area contributed by atoms with Crippen molar-refractivity contribution in [3.8, 4) is 11.5 Å². The summed E-state index contributed by atoms with van der Waals surface area (Å²) in [6, 6.07) is 21.6. The highest BCUT2D eigenvalue weighted by Crippen LogP contribution is 2.66. The van der Waals surface area contributed by atoms with E-state index in [0.717, 1.165) is 9.91 Å². The van der Waals surface area contributed by atoms with Crippen molar-refractivity contribution in [1.82, 2.24) is 5.01 Å². The summed E-state index contributed by atoms with van der Waals surface area (Å²) in [6.45, 7) is 0. The highest BCUT2D eigenvalue weighted by Gasteiger charge is 2.71. The van der Waals surface area contributed by atoms with Crippen LogP contribution in [-0.4, -0.2) is 45.8 Å². The van der Waals surface area contributed by atoms with Crippen molar-refractivity contribution in [2.24, 2.45) is 23.7 Å². The molecule has 6 atom stereocenters. The number of nitrogens with zero attached hydrogens (tertiary/aromatic N) is 3. The number of non-ortho nitro benzene ring substituents is 1. The third-order valence-corrected chi connectivity index (χ3v) is 11.4. The largest absolute Gasteiger partial charge is 0.508 e. The predicted octanol–water partition coefficient (Wildman–Crippen LogP) is 6.29. The van der Waals surface area contributed by atoms with E-state index in [0.29, 0.717) is 16.2 Å². The molecule has 2 saturated heterocycles. The maximum atomic E-state index is 15.3. The van der Waals surface area contributed by atoms with Crippen LogP contribution in [0.4, 0.5) is 21.5 Å². The summed E-state index contributed by atoms with van der Waals surface area (Å²) >= 11 is 6.34. The van der Waals surface area contributed by atoms with E-state index in [-0.39, 0.29) is 47.0 Å². The number of carbonyl (C=O) groups excluding carboxylic acids is 4. The van der Waals surface area contributed by atoms with Gasteiger partial charge in [-0.05, 0) is 78.9 Å². The second-order valence-electron chi connectivity index (χ2n) is 13.6. The van der Waals surface area contributed by atoms with E-state index in [1.165, 1.54) is 61.7 Å². The lowest BCUT2D eigenvalue weighted by atomic mass is 9.49. The molecular formula is C39H30ClFN4O8. The Labute approximate surface area is 306 Å². The molecule has 14 heteroatoms. The van der Waals surface area contributed by atoms with Gasteiger partial charge in [-0.3, -0.25) is 34.7 Å². The number of methoxy groups -OCH3 is 1. The Morgan fingerprint density at radius 1 is 0.943 bits per heavy atom. The number of nitro groups is 1. The van der Waals surface area contributed by atoms with Crippen molar-refractivity contribution < 1.29 is 38.3 Å². The van der Waals surface area contributed by atoms with Crippen molar-refractivity contribution in [2.75, 3.05) is 17.4 Å². The summed E-state index contributed by atoms with van der Waals surface area (Å²) in [5.74, 6) is -7.83. The van der Waals surface area contributed by atoms with Crippen LogP contribution < -0.4 is 15.1 Å². The van der Waals surface area contributed by atoms with Gasteiger partial charge in [-0.1, -0.05) is 47.5 Å². The number of hydrogen-bond donors (Lipinski definition) is 2. The van der Waals surface area contributed by atoms with Gasteiger partial charge in [0.2, 0.25) is 11.8 Å². The second-order valence-corrected chi connectivity index (χ2v) is 14.0. The van der Waals surface area contributed by atoms with Gasteiger partial charge >= 0.3 is 0 Å². The molecule has 4 aliphatic rings. The lowest BCUT2D eigenvalue weighted by Crippen LogP contribution is -2.53. The topological polar surface area (TPSA) is 159 Å². The van der Waals surface area contributed by atoms with E-state index in [1.54, 1.807) is 36.4 Å². The van der Waals surface area contributed by atoms with Crippen LogP contribution in [0, 0.1) is 39.6 Å². The number of hydrogen-bond acceptors (Lipinski definition) is 9. The molecule has 6 unspecified atom stereocenters. The van der Waals surface area contributed by atoms with E-state index in [9.17, 15) is 34.0 Å². The lowest BCUT2D eigenvalue weighted by Gasteiger charge is -2.50. The minimum absolute atomic E-state index is 0.0456. The minimum Gasteiger partial charge on any atom is -0.508 e. The monoisotopic (exact) mass is 736 g/mol. The standard InChI is InChI=1S/C39H30ClFN4O8/c1-53-31-7-3-6-30(46)33(31)34-26-16-17-27-32(37(49)43(35(27)47)24-4-2-5-25(18-24)45(51)52)28(26)19-29-36(48)44(42-23-14-12-22(41)13-15-23)38(50)39(29,34)20-8-10-21(40)11-9-20/h2-16,18,27-29,32,34,42,46H,17,19H2,1H3. The summed E-state index contributed by atoms with van der Waals surface area (Å²) < 4.78 is 19.7. The molecule has 12 nitrogen and oxygen atoms in total. The first kappa shape index (κ1) is 34.0. The Hall–Kier alpha value is -6.08. The lowest BCUT2D eigenvalue weighted by molar-refractivity contribution is -0.384. The first-order valence-electron chi connectivity index (χ1n) is 16.8. The maximum Gasteiger partial charge on any atom is 0.271 e. The van der Waals surface area contributed by atoms with Crippen LogP contribution in [0.15, 0.2) is 103 Å². The van der Waals surface area contributed by atoms with Gasteiger partial charge in [-0.2, -0.15) is 5.01 Å². The molecule has 3 fully saturated rings. The number of anilines is 2. The fourth-order valence-electron chi connectivity index (χ4n) is 8.97. The number of phenols is 1. The van der Waals surface area contributed by atoms with Gasteiger partial charge in [0.15, 0.2) is 0 Å². The first-order chi connectivity index (χ1) is 25.5. The number of ether oxygens (including phenoxy) is 1. The normalized spacial score (nSPS) is 26.2. The average molecular weight is 737 g/mol. The molecule has 0 bridgehead atoms. The third-order valence-electron chi connectivity index (χ3n) is 11.1. The molecule has 2 heterocycles. The minimum atomic E-state index is -1.73. The zero-order valence-corrected chi connectivity index (χ0v) is 28.7. The predicted molar refractivity (Wildman–Crippen MR) is 189 cm³/mol. The Morgan fingerprint density at radius 2 is 1.66 bits per heavy atom. The number of hydrazine groups is 1. The molecule has 2 N–H and O–H groups in total. The quantitative estimate of drug-likeness (QED) is 0.0962. The molecule has 53 heavy (non-hydrogen) atoms. The number of fused-ring (bicyclic) bond motifs is 4. The van der Waals surface area contributed by atoms with Gasteiger partial charge in [0.25, 0.3) is 17.5 Å².